The lowest BCUT2D eigenvalue weighted by Gasteiger charge is -2.44. The Labute approximate surface area is 182 Å². The minimum Gasteiger partial charge on any atom is -0.375 e. The van der Waals surface area contributed by atoms with Gasteiger partial charge in [0, 0.05) is 30.1 Å². The van der Waals surface area contributed by atoms with Crippen LogP contribution in [0.5, 0.6) is 0 Å². The summed E-state index contributed by atoms with van der Waals surface area (Å²) >= 11 is 0. The zero-order chi connectivity index (χ0) is 22.2. The molecular formula is C21H28N4O5S. The first-order valence-corrected chi connectivity index (χ1v) is 12.6. The Morgan fingerprint density at radius 1 is 1.39 bits per heavy atom. The number of nitrogens with one attached hydrogen (secondary N) is 1. The number of nitriles is 1. The van der Waals surface area contributed by atoms with Crippen LogP contribution in [0.25, 0.3) is 0 Å². The summed E-state index contributed by atoms with van der Waals surface area (Å²) in [4.78, 5) is 24.7. The Balaban J connectivity index is 1.36. The Hall–Kier alpha value is -2.25. The predicted octanol–water partition coefficient (Wildman–Crippen LogP) is 1.88. The van der Waals surface area contributed by atoms with E-state index >= 15 is 0 Å². The molecule has 168 valence electrons. The van der Waals surface area contributed by atoms with Crippen molar-refractivity contribution < 1.29 is 23.1 Å². The second kappa shape index (κ2) is 8.36. The highest BCUT2D eigenvalue weighted by molar-refractivity contribution is 7.93. The van der Waals surface area contributed by atoms with Crippen molar-refractivity contribution in [3.63, 3.8) is 0 Å². The van der Waals surface area contributed by atoms with Crippen molar-refractivity contribution in [2.24, 2.45) is 16.2 Å². The van der Waals surface area contributed by atoms with Crippen LogP contribution in [0, 0.1) is 30.1 Å². The van der Waals surface area contributed by atoms with Gasteiger partial charge in [0.05, 0.1) is 21.8 Å². The van der Waals surface area contributed by atoms with Crippen LogP contribution in [0.4, 0.5) is 0 Å². The maximum atomic E-state index is 13.2. The number of aryl methyl sites for hydroxylation is 1. The monoisotopic (exact) mass is 448 g/mol. The highest BCUT2D eigenvalue weighted by Crippen LogP contribution is 2.39. The minimum absolute atomic E-state index is 0.0709. The largest absolute Gasteiger partial charge is 0.375 e. The summed E-state index contributed by atoms with van der Waals surface area (Å²) in [7, 11) is -2.68. The highest BCUT2D eigenvalue weighted by atomic mass is 32.2. The van der Waals surface area contributed by atoms with Crippen molar-refractivity contribution in [2.45, 2.75) is 64.0 Å². The summed E-state index contributed by atoms with van der Waals surface area (Å²) in [6, 6.07) is 2.03. The van der Waals surface area contributed by atoms with E-state index in [2.05, 4.69) is 21.8 Å². The van der Waals surface area contributed by atoms with Gasteiger partial charge in [-0.05, 0) is 44.9 Å². The number of ether oxygens (including phenoxy) is 1. The maximum absolute atomic E-state index is 13.2. The van der Waals surface area contributed by atoms with Crippen molar-refractivity contribution in [1.29, 1.82) is 5.26 Å². The summed E-state index contributed by atoms with van der Waals surface area (Å²) in [5.74, 6) is 1.10. The first-order chi connectivity index (χ1) is 14.7. The molecule has 3 aliphatic rings. The molecule has 3 heterocycles. The van der Waals surface area contributed by atoms with E-state index < -0.39 is 21.2 Å². The molecule has 2 amide bonds. The second-order valence-corrected chi connectivity index (χ2v) is 11.6. The molecule has 2 aliphatic heterocycles. The lowest BCUT2D eigenvalue weighted by atomic mass is 9.85. The number of hydrogen-bond donors (Lipinski definition) is 1. The lowest BCUT2D eigenvalue weighted by Crippen LogP contribution is -2.52. The minimum atomic E-state index is -2.68. The van der Waals surface area contributed by atoms with Crippen molar-refractivity contribution in [2.75, 3.05) is 18.1 Å². The van der Waals surface area contributed by atoms with Crippen LogP contribution < -0.4 is 5.32 Å². The topological polar surface area (TPSA) is 135 Å². The first-order valence-electron chi connectivity index (χ1n) is 10.8. The third-order valence-electron chi connectivity index (χ3n) is 6.67. The van der Waals surface area contributed by atoms with Crippen LogP contribution >= 0.6 is 0 Å². The zero-order valence-electron chi connectivity index (χ0n) is 17.9. The first kappa shape index (κ1) is 22.0. The van der Waals surface area contributed by atoms with Gasteiger partial charge in [-0.2, -0.15) is 9.62 Å². The molecule has 1 spiro atoms. The Morgan fingerprint density at radius 2 is 2.10 bits per heavy atom. The van der Waals surface area contributed by atoms with Gasteiger partial charge in [-0.15, -0.1) is 0 Å². The van der Waals surface area contributed by atoms with Crippen LogP contribution in [-0.4, -0.2) is 50.9 Å². The fraction of sp³-hybridized carbons (Fsp3) is 0.714. The molecule has 0 aromatic carbocycles. The summed E-state index contributed by atoms with van der Waals surface area (Å²) in [5, 5.41) is 16.1. The molecule has 2 saturated heterocycles. The zero-order valence-corrected chi connectivity index (χ0v) is 18.7. The van der Waals surface area contributed by atoms with Gasteiger partial charge >= 0.3 is 0 Å². The van der Waals surface area contributed by atoms with Crippen molar-refractivity contribution >= 4 is 21.5 Å². The van der Waals surface area contributed by atoms with Gasteiger partial charge in [0.1, 0.15) is 17.3 Å². The average molecular weight is 449 g/mol. The Bertz CT molecular complexity index is 1030. The molecule has 1 aromatic heterocycles. The number of nitrogens with zero attached hydrogens (tertiary/aromatic N) is 3. The third-order valence-corrected chi connectivity index (χ3v) is 8.89. The van der Waals surface area contributed by atoms with Crippen molar-refractivity contribution in [3.8, 4) is 6.07 Å². The van der Waals surface area contributed by atoms with Gasteiger partial charge in [-0.1, -0.05) is 12.1 Å². The molecular weight excluding hydrogens is 420 g/mol. The van der Waals surface area contributed by atoms with Gasteiger partial charge in [-0.25, -0.2) is 4.21 Å². The number of carbonyl (C=O) groups excluding carboxylic acids is 2. The molecule has 3 fully saturated rings. The van der Waals surface area contributed by atoms with Crippen LogP contribution in [0.15, 0.2) is 8.89 Å². The summed E-state index contributed by atoms with van der Waals surface area (Å²) in [6.07, 6.45) is 3.33. The van der Waals surface area contributed by atoms with Gasteiger partial charge in [0.2, 0.25) is 5.91 Å². The fourth-order valence-corrected chi connectivity index (χ4v) is 6.75. The average Bonchev–Trinajstić information content (AvgIpc) is 3.36. The predicted molar refractivity (Wildman–Crippen MR) is 111 cm³/mol. The van der Waals surface area contributed by atoms with Gasteiger partial charge in [0.15, 0.2) is 5.76 Å². The third kappa shape index (κ3) is 4.83. The molecule has 0 radical (unpaired) electrons. The van der Waals surface area contributed by atoms with E-state index in [0.717, 1.165) is 12.8 Å². The smallest absolute Gasteiger partial charge is 0.259 e. The summed E-state index contributed by atoms with van der Waals surface area (Å²) < 4.78 is 28.2. The summed E-state index contributed by atoms with van der Waals surface area (Å²) in [5.41, 5.74) is 0.0378. The normalized spacial score (nSPS) is 34.7. The fourth-order valence-electron chi connectivity index (χ4n) is 4.55. The Kier molecular flexibility index (Phi) is 5.92. The summed E-state index contributed by atoms with van der Waals surface area (Å²) in [6.45, 7) is 4.25. The molecule has 9 nitrogen and oxygen atoms in total. The van der Waals surface area contributed by atoms with E-state index in [1.807, 2.05) is 6.07 Å². The molecule has 1 saturated carbocycles. The maximum Gasteiger partial charge on any atom is 0.259 e. The van der Waals surface area contributed by atoms with E-state index in [1.54, 1.807) is 6.92 Å². The van der Waals surface area contributed by atoms with E-state index in [9.17, 15) is 13.8 Å². The van der Waals surface area contributed by atoms with Crippen LogP contribution in [0.1, 0.15) is 56.0 Å². The van der Waals surface area contributed by atoms with Crippen LogP contribution in [0.2, 0.25) is 0 Å². The molecule has 1 unspecified atom stereocenters. The number of carbonyl (C=O) groups is 2. The molecule has 0 bridgehead atoms. The SMILES string of the molecule is Cc1onc(CC(=O)N=S2(=O)CCC3(CC2)CC(NC(=O)[C@@H]2C[C@H]2C)CCO3)c1C#N. The molecule has 4 rings (SSSR count). The van der Waals surface area contributed by atoms with Crippen LogP contribution in [-0.2, 0) is 30.5 Å². The van der Waals surface area contributed by atoms with Crippen molar-refractivity contribution in [3.05, 3.63) is 17.0 Å². The number of aromatic nitrogens is 1. The number of rotatable bonds is 4. The lowest BCUT2D eigenvalue weighted by molar-refractivity contribution is -0.127. The van der Waals surface area contributed by atoms with Crippen molar-refractivity contribution in [1.82, 2.24) is 10.5 Å². The van der Waals surface area contributed by atoms with Gasteiger partial charge in [0.25, 0.3) is 5.91 Å². The quantitative estimate of drug-likeness (QED) is 0.743. The molecule has 31 heavy (non-hydrogen) atoms. The van der Waals surface area contributed by atoms with E-state index in [0.29, 0.717) is 37.5 Å². The van der Waals surface area contributed by atoms with Gasteiger partial charge < -0.3 is 14.6 Å². The Morgan fingerprint density at radius 3 is 2.74 bits per heavy atom. The standard InChI is InChI=1S/C21H28N4O5S/c1-13-9-16(13)20(27)23-15-3-6-29-21(11-15)4-7-31(28,8-5-21)25-19(26)10-18-17(12-22)14(2)30-24-18/h13,15-16H,3-11H2,1-2H3,(H,23,27)/t13-,15?,16-,21?,31?/m1/s1. The highest BCUT2D eigenvalue weighted by Gasteiger charge is 2.44. The molecule has 3 atom stereocenters. The van der Waals surface area contributed by atoms with E-state index in [-0.39, 0.29) is 47.1 Å². The molecule has 1 N–H and O–H groups in total. The molecule has 1 aliphatic carbocycles. The second-order valence-electron chi connectivity index (χ2n) is 9.06. The van der Waals surface area contributed by atoms with Gasteiger partial charge in [-0.3, -0.25) is 9.59 Å². The van der Waals surface area contributed by atoms with E-state index in [4.69, 9.17) is 14.5 Å². The number of amides is 2. The molecule has 1 aromatic rings. The van der Waals surface area contributed by atoms with E-state index in [1.165, 1.54) is 0 Å². The van der Waals surface area contributed by atoms with Crippen LogP contribution in [0.3, 0.4) is 0 Å². The number of hydrogen-bond acceptors (Lipinski definition) is 7. The molecule has 10 heteroatoms.